The van der Waals surface area contributed by atoms with E-state index < -0.39 is 41.6 Å². The highest BCUT2D eigenvalue weighted by atomic mass is 19.4. The minimum atomic E-state index is -4.62. The molecule has 0 unspecified atom stereocenters. The molecule has 1 aliphatic heterocycles. The maximum Gasteiger partial charge on any atom is 0.433 e. The van der Waals surface area contributed by atoms with Gasteiger partial charge in [-0.25, -0.2) is 4.79 Å². The summed E-state index contributed by atoms with van der Waals surface area (Å²) in [6.45, 7) is 6.13. The Balaban J connectivity index is 1.50. The van der Waals surface area contributed by atoms with E-state index in [1.54, 1.807) is 33.8 Å². The Morgan fingerprint density at radius 1 is 1.21 bits per heavy atom. The van der Waals surface area contributed by atoms with Gasteiger partial charge in [-0.2, -0.15) is 13.2 Å². The molecule has 0 radical (unpaired) electrons. The molecule has 0 bridgehead atoms. The summed E-state index contributed by atoms with van der Waals surface area (Å²) in [5.74, 6) is -0.0125. The first-order chi connectivity index (χ1) is 17.7. The standard InChI is InChI=1S/C26H28F3N3O6/c1-15-20(22(34)31-25(14-33)12-32(13-25)23(35)38-24(2,3)4)18-10-17(7-8-19(18)37-15)36-11-16-6-5-9-30-21(16)26(27,28)29/h5-10,33H,11-14H2,1-4H3,(H,31,34). The number of carbonyl (C=O) groups is 2. The van der Waals surface area contributed by atoms with Crippen molar-refractivity contribution < 1.29 is 41.8 Å². The molecule has 4 rings (SSSR count). The van der Waals surface area contributed by atoms with Gasteiger partial charge >= 0.3 is 12.3 Å². The van der Waals surface area contributed by atoms with Crippen LogP contribution in [0.3, 0.4) is 0 Å². The lowest BCUT2D eigenvalue weighted by atomic mass is 9.90. The highest BCUT2D eigenvalue weighted by Crippen LogP contribution is 2.33. The Morgan fingerprint density at radius 3 is 2.55 bits per heavy atom. The fourth-order valence-corrected chi connectivity index (χ4v) is 4.20. The minimum absolute atomic E-state index is 0.0556. The zero-order valence-corrected chi connectivity index (χ0v) is 21.3. The maximum absolute atomic E-state index is 13.3. The summed E-state index contributed by atoms with van der Waals surface area (Å²) in [7, 11) is 0. The van der Waals surface area contributed by atoms with Crippen LogP contribution in [0.25, 0.3) is 11.0 Å². The van der Waals surface area contributed by atoms with Crippen LogP contribution in [0.2, 0.25) is 0 Å². The van der Waals surface area contributed by atoms with Gasteiger partial charge in [-0.1, -0.05) is 6.07 Å². The van der Waals surface area contributed by atoms with Crippen molar-refractivity contribution in [3.05, 3.63) is 59.1 Å². The van der Waals surface area contributed by atoms with Crippen molar-refractivity contribution >= 4 is 23.0 Å². The molecule has 38 heavy (non-hydrogen) atoms. The third-order valence-corrected chi connectivity index (χ3v) is 5.94. The number of aromatic nitrogens is 1. The van der Waals surface area contributed by atoms with Crippen molar-refractivity contribution in [2.24, 2.45) is 0 Å². The molecule has 9 nitrogen and oxygen atoms in total. The number of nitrogens with zero attached hydrogens (tertiary/aromatic N) is 2. The first-order valence-corrected chi connectivity index (χ1v) is 11.8. The molecule has 2 amide bonds. The van der Waals surface area contributed by atoms with Gasteiger partial charge in [0.2, 0.25) is 0 Å². The van der Waals surface area contributed by atoms with Crippen molar-refractivity contribution in [3.63, 3.8) is 0 Å². The lowest BCUT2D eigenvalue weighted by Gasteiger charge is -2.49. The van der Waals surface area contributed by atoms with E-state index in [0.717, 1.165) is 6.20 Å². The normalized spacial score (nSPS) is 15.2. The summed E-state index contributed by atoms with van der Waals surface area (Å²) < 4.78 is 56.4. The van der Waals surface area contributed by atoms with Gasteiger partial charge in [-0.15, -0.1) is 0 Å². The van der Waals surface area contributed by atoms with Crippen LogP contribution in [0.15, 0.2) is 40.9 Å². The number of hydrogen-bond donors (Lipinski definition) is 2. The molecule has 1 aliphatic rings. The number of amides is 2. The molecule has 12 heteroatoms. The van der Waals surface area contributed by atoms with Crippen LogP contribution >= 0.6 is 0 Å². The molecule has 204 valence electrons. The summed E-state index contributed by atoms with van der Waals surface area (Å²) in [6.07, 6.45) is -4.11. The average Bonchev–Trinajstić information content (AvgIpc) is 3.13. The molecule has 0 atom stereocenters. The fraction of sp³-hybridized carbons (Fsp3) is 0.423. The number of aliphatic hydroxyl groups is 1. The van der Waals surface area contributed by atoms with Crippen molar-refractivity contribution in [3.8, 4) is 5.75 Å². The summed E-state index contributed by atoms with van der Waals surface area (Å²) >= 11 is 0. The van der Waals surface area contributed by atoms with Gasteiger partial charge in [-0.3, -0.25) is 9.78 Å². The third-order valence-electron chi connectivity index (χ3n) is 5.94. The van der Waals surface area contributed by atoms with Gasteiger partial charge in [0.05, 0.1) is 30.8 Å². The molecule has 1 saturated heterocycles. The van der Waals surface area contributed by atoms with Crippen LogP contribution in [-0.4, -0.2) is 57.8 Å². The van der Waals surface area contributed by atoms with Crippen LogP contribution in [-0.2, 0) is 17.5 Å². The number of hydrogen-bond acceptors (Lipinski definition) is 7. The number of pyridine rings is 1. The number of halogens is 3. The first-order valence-electron chi connectivity index (χ1n) is 11.8. The number of fused-ring (bicyclic) bond motifs is 1. The van der Waals surface area contributed by atoms with Crippen LogP contribution in [0.1, 0.15) is 48.1 Å². The number of furan rings is 1. The Morgan fingerprint density at radius 2 is 1.92 bits per heavy atom. The number of aryl methyl sites for hydroxylation is 1. The largest absolute Gasteiger partial charge is 0.489 e. The molecular formula is C26H28F3N3O6. The Hall–Kier alpha value is -3.80. The van der Waals surface area contributed by atoms with E-state index in [9.17, 15) is 27.9 Å². The van der Waals surface area contributed by atoms with E-state index in [2.05, 4.69) is 10.3 Å². The van der Waals surface area contributed by atoms with E-state index in [4.69, 9.17) is 13.9 Å². The predicted octanol–water partition coefficient (Wildman–Crippen LogP) is 4.45. The number of aliphatic hydroxyl groups excluding tert-OH is 1. The quantitative estimate of drug-likeness (QED) is 0.480. The average molecular weight is 536 g/mol. The summed E-state index contributed by atoms with van der Waals surface area (Å²) in [4.78, 5) is 30.3. The molecule has 1 fully saturated rings. The predicted molar refractivity (Wildman–Crippen MR) is 130 cm³/mol. The molecular weight excluding hydrogens is 507 g/mol. The number of nitrogens with one attached hydrogen (secondary N) is 1. The second kappa shape index (κ2) is 9.82. The topological polar surface area (TPSA) is 114 Å². The van der Waals surface area contributed by atoms with Gasteiger partial charge in [0.25, 0.3) is 5.91 Å². The molecule has 2 N–H and O–H groups in total. The van der Waals surface area contributed by atoms with Crippen LogP contribution < -0.4 is 10.1 Å². The van der Waals surface area contributed by atoms with E-state index in [1.807, 2.05) is 0 Å². The Bertz CT molecular complexity index is 1360. The summed E-state index contributed by atoms with van der Waals surface area (Å²) in [5, 5.41) is 13.2. The number of alkyl halides is 3. The molecule has 0 aliphatic carbocycles. The van der Waals surface area contributed by atoms with Gasteiger partial charge in [0, 0.05) is 17.1 Å². The van der Waals surface area contributed by atoms with Crippen molar-refractivity contribution in [1.29, 1.82) is 0 Å². The monoisotopic (exact) mass is 535 g/mol. The Kier molecular flexibility index (Phi) is 7.04. The number of likely N-dealkylation sites (tertiary alicyclic amines) is 1. The van der Waals surface area contributed by atoms with Crippen molar-refractivity contribution in [2.75, 3.05) is 19.7 Å². The Labute approximate surface area is 216 Å². The molecule has 0 saturated carbocycles. The fourth-order valence-electron chi connectivity index (χ4n) is 4.20. The maximum atomic E-state index is 13.3. The second-order valence-electron chi connectivity index (χ2n) is 10.2. The SMILES string of the molecule is Cc1oc2ccc(OCc3cccnc3C(F)(F)F)cc2c1C(=O)NC1(CO)CN(C(=O)OC(C)(C)C)C1. The first kappa shape index (κ1) is 27.2. The van der Waals surface area contributed by atoms with Crippen LogP contribution in [0.4, 0.5) is 18.0 Å². The van der Waals surface area contributed by atoms with Crippen LogP contribution in [0.5, 0.6) is 5.75 Å². The van der Waals surface area contributed by atoms with Crippen molar-refractivity contribution in [1.82, 2.24) is 15.2 Å². The van der Waals surface area contributed by atoms with E-state index >= 15 is 0 Å². The number of carbonyl (C=O) groups excluding carboxylic acids is 2. The van der Waals surface area contributed by atoms with E-state index in [0.29, 0.717) is 16.7 Å². The number of benzene rings is 1. The van der Waals surface area contributed by atoms with E-state index in [1.165, 1.54) is 29.2 Å². The van der Waals surface area contributed by atoms with Gasteiger partial charge in [-0.05, 0) is 52.0 Å². The summed E-state index contributed by atoms with van der Waals surface area (Å²) in [6, 6.07) is 7.25. The number of ether oxygens (including phenoxy) is 2. The zero-order chi connectivity index (χ0) is 27.9. The van der Waals surface area contributed by atoms with Gasteiger partial charge < -0.3 is 29.2 Å². The van der Waals surface area contributed by atoms with Gasteiger partial charge in [0.15, 0.2) is 5.69 Å². The number of rotatable bonds is 6. The molecule has 1 aromatic carbocycles. The molecule has 0 spiro atoms. The minimum Gasteiger partial charge on any atom is -0.489 e. The highest BCUT2D eigenvalue weighted by Gasteiger charge is 2.47. The van der Waals surface area contributed by atoms with Crippen LogP contribution in [0, 0.1) is 6.92 Å². The smallest absolute Gasteiger partial charge is 0.433 e. The highest BCUT2D eigenvalue weighted by molar-refractivity contribution is 6.08. The van der Waals surface area contributed by atoms with E-state index in [-0.39, 0.29) is 36.6 Å². The third kappa shape index (κ3) is 5.69. The molecule has 3 aromatic rings. The lowest BCUT2D eigenvalue weighted by Crippen LogP contribution is -2.73. The molecule has 2 aromatic heterocycles. The second-order valence-corrected chi connectivity index (χ2v) is 10.2. The van der Waals surface area contributed by atoms with Crippen molar-refractivity contribution in [2.45, 2.75) is 51.6 Å². The zero-order valence-electron chi connectivity index (χ0n) is 21.3. The summed E-state index contributed by atoms with van der Waals surface area (Å²) in [5.41, 5.74) is -2.35. The molecule has 3 heterocycles. The van der Waals surface area contributed by atoms with Gasteiger partial charge in [0.1, 0.15) is 29.3 Å². The lowest BCUT2D eigenvalue weighted by molar-refractivity contribution is -0.142.